The van der Waals surface area contributed by atoms with Crippen molar-refractivity contribution in [1.29, 1.82) is 0 Å². The van der Waals surface area contributed by atoms with Gasteiger partial charge in [-0.1, -0.05) is 0 Å². The first-order chi connectivity index (χ1) is 14.8. The number of aromatic nitrogens is 1. The van der Waals surface area contributed by atoms with E-state index in [1.807, 2.05) is 0 Å². The minimum absolute atomic E-state index is 0.0103. The normalized spacial score (nSPS) is 19.4. The smallest absolute Gasteiger partial charge is 0.416 e. The molecule has 1 aromatic heterocycles. The number of halogens is 3. The zero-order chi connectivity index (χ0) is 23.8. The molecular weight excluding hydrogens is 443 g/mol. The molecule has 1 aliphatic rings. The van der Waals surface area contributed by atoms with Gasteiger partial charge in [-0.2, -0.15) is 13.2 Å². The van der Waals surface area contributed by atoms with E-state index in [1.54, 1.807) is 0 Å². The second kappa shape index (κ2) is 8.01. The molecule has 32 heavy (non-hydrogen) atoms. The van der Waals surface area contributed by atoms with Gasteiger partial charge in [0.1, 0.15) is 18.0 Å². The van der Waals surface area contributed by atoms with Crippen LogP contribution in [0.5, 0.6) is 5.75 Å². The Balaban J connectivity index is 2.18. The Kier molecular flexibility index (Phi) is 5.72. The Morgan fingerprint density at radius 2 is 1.84 bits per heavy atom. The third-order valence-corrected chi connectivity index (χ3v) is 4.85. The van der Waals surface area contributed by atoms with Gasteiger partial charge in [0, 0.05) is 17.8 Å². The predicted molar refractivity (Wildman–Crippen MR) is 98.6 cm³/mol. The van der Waals surface area contributed by atoms with Crippen LogP contribution in [0.2, 0.25) is 0 Å². The number of rotatable bonds is 6. The SMILES string of the molecule is CC1(C)Oc2ccc(C(F)(F)F)cc2[C@@H](n2ccc(CO[N+](=O)[O-])cc2=O)[C@@H]1O[N+](=O)[O-]. The van der Waals surface area contributed by atoms with Crippen LogP contribution in [0, 0.1) is 20.2 Å². The summed E-state index contributed by atoms with van der Waals surface area (Å²) in [5, 5.41) is 19.3. The molecule has 0 aliphatic carbocycles. The van der Waals surface area contributed by atoms with Gasteiger partial charge in [-0.05, 0) is 43.7 Å². The lowest BCUT2D eigenvalue weighted by Gasteiger charge is -2.43. The average molecular weight is 459 g/mol. The van der Waals surface area contributed by atoms with Gasteiger partial charge in [0.05, 0.1) is 11.6 Å². The number of benzene rings is 1. The van der Waals surface area contributed by atoms with E-state index >= 15 is 0 Å². The average Bonchev–Trinajstić information content (AvgIpc) is 2.66. The fraction of sp³-hybridized carbons (Fsp3) is 0.389. The molecule has 2 aromatic rings. The van der Waals surface area contributed by atoms with Gasteiger partial charge < -0.3 is 19.0 Å². The number of alkyl halides is 3. The van der Waals surface area contributed by atoms with Crippen molar-refractivity contribution in [3.05, 3.63) is 83.8 Å². The highest BCUT2D eigenvalue weighted by atomic mass is 19.4. The topological polar surface area (TPSA) is 136 Å². The molecule has 0 unspecified atom stereocenters. The molecule has 11 nitrogen and oxygen atoms in total. The van der Waals surface area contributed by atoms with Gasteiger partial charge >= 0.3 is 6.18 Å². The third-order valence-electron chi connectivity index (χ3n) is 4.85. The Labute approximate surface area is 177 Å². The summed E-state index contributed by atoms with van der Waals surface area (Å²) >= 11 is 0. The summed E-state index contributed by atoms with van der Waals surface area (Å²) in [7, 11) is 0. The molecule has 0 N–H and O–H groups in total. The van der Waals surface area contributed by atoms with Crippen LogP contribution < -0.4 is 10.3 Å². The fourth-order valence-corrected chi connectivity index (χ4v) is 3.48. The zero-order valence-corrected chi connectivity index (χ0v) is 16.6. The van der Waals surface area contributed by atoms with Crippen molar-refractivity contribution in [3.8, 4) is 5.75 Å². The molecule has 172 valence electrons. The molecule has 0 bridgehead atoms. The lowest BCUT2D eigenvalue weighted by Crippen LogP contribution is -2.54. The van der Waals surface area contributed by atoms with Crippen molar-refractivity contribution in [1.82, 2.24) is 4.57 Å². The van der Waals surface area contributed by atoms with E-state index in [4.69, 9.17) is 9.57 Å². The molecule has 2 atom stereocenters. The summed E-state index contributed by atoms with van der Waals surface area (Å²) in [6.45, 7) is 2.32. The maximum atomic E-state index is 13.3. The Bertz CT molecular complexity index is 1120. The first kappa shape index (κ1) is 22.8. The number of pyridine rings is 1. The fourth-order valence-electron chi connectivity index (χ4n) is 3.48. The van der Waals surface area contributed by atoms with Crippen LogP contribution in [-0.4, -0.2) is 26.4 Å². The van der Waals surface area contributed by atoms with E-state index < -0.39 is 51.8 Å². The molecular formula is C18H16F3N3O8. The second-order valence-corrected chi connectivity index (χ2v) is 7.43. The summed E-state index contributed by atoms with van der Waals surface area (Å²) in [5.74, 6) is -0.0103. The van der Waals surface area contributed by atoms with Gasteiger partial charge in [0.15, 0.2) is 6.10 Å². The van der Waals surface area contributed by atoms with Crippen molar-refractivity contribution in [2.75, 3.05) is 0 Å². The van der Waals surface area contributed by atoms with Gasteiger partial charge in [-0.15, -0.1) is 20.2 Å². The number of hydrogen-bond acceptors (Lipinski definition) is 8. The summed E-state index contributed by atoms with van der Waals surface area (Å²) in [6.07, 6.45) is -5.08. The van der Waals surface area contributed by atoms with Crippen molar-refractivity contribution in [2.45, 2.75) is 44.4 Å². The molecule has 0 spiro atoms. The monoisotopic (exact) mass is 459 g/mol. The lowest BCUT2D eigenvalue weighted by molar-refractivity contribution is -0.773. The van der Waals surface area contributed by atoms with Gasteiger partial charge in [0.25, 0.3) is 15.7 Å². The maximum Gasteiger partial charge on any atom is 0.416 e. The largest absolute Gasteiger partial charge is 0.485 e. The Hall–Kier alpha value is -3.84. The number of fused-ring (bicyclic) bond motifs is 1. The minimum atomic E-state index is -4.72. The van der Waals surface area contributed by atoms with Crippen LogP contribution in [-0.2, 0) is 22.5 Å². The van der Waals surface area contributed by atoms with Crippen LogP contribution in [0.4, 0.5) is 13.2 Å². The van der Waals surface area contributed by atoms with Crippen LogP contribution in [0.25, 0.3) is 0 Å². The standard InChI is InChI=1S/C18H16F3N3O8/c1-17(2)16(32-24(28)29)15(12-8-11(18(19,20)21)3-4-13(12)31-17)22-6-5-10(7-14(22)25)9-30-23(26)27/h3-8,15-16H,9H2,1-2H3/t15-,16+/m1/s1. The van der Waals surface area contributed by atoms with Crippen molar-refractivity contribution in [3.63, 3.8) is 0 Å². The number of ether oxygens (including phenoxy) is 1. The predicted octanol–water partition coefficient (Wildman–Crippen LogP) is 2.91. The molecule has 0 saturated heterocycles. The Morgan fingerprint density at radius 1 is 1.16 bits per heavy atom. The zero-order valence-electron chi connectivity index (χ0n) is 16.6. The van der Waals surface area contributed by atoms with Crippen LogP contribution in [0.1, 0.15) is 36.6 Å². The van der Waals surface area contributed by atoms with E-state index in [2.05, 4.69) is 4.84 Å². The molecule has 1 aliphatic heterocycles. The molecule has 14 heteroatoms. The molecule has 0 radical (unpaired) electrons. The van der Waals surface area contributed by atoms with Crippen molar-refractivity contribution < 1.29 is 37.8 Å². The molecule has 0 amide bonds. The summed E-state index contributed by atoms with van der Waals surface area (Å²) in [4.78, 5) is 43.2. The first-order valence-electron chi connectivity index (χ1n) is 8.99. The van der Waals surface area contributed by atoms with Crippen molar-refractivity contribution in [2.24, 2.45) is 0 Å². The van der Waals surface area contributed by atoms with Gasteiger partial charge in [-0.3, -0.25) is 4.79 Å². The van der Waals surface area contributed by atoms with E-state index in [-0.39, 0.29) is 16.9 Å². The maximum absolute atomic E-state index is 13.3. The highest BCUT2D eigenvalue weighted by Crippen LogP contribution is 2.45. The molecule has 2 heterocycles. The highest BCUT2D eigenvalue weighted by Gasteiger charge is 2.48. The van der Waals surface area contributed by atoms with Crippen LogP contribution >= 0.6 is 0 Å². The van der Waals surface area contributed by atoms with E-state index in [0.717, 1.165) is 35.0 Å². The van der Waals surface area contributed by atoms with Crippen molar-refractivity contribution >= 4 is 0 Å². The van der Waals surface area contributed by atoms with Crippen LogP contribution in [0.3, 0.4) is 0 Å². The molecule has 0 saturated carbocycles. The lowest BCUT2D eigenvalue weighted by atomic mass is 9.85. The minimum Gasteiger partial charge on any atom is -0.485 e. The summed E-state index contributed by atoms with van der Waals surface area (Å²) < 4.78 is 46.6. The van der Waals surface area contributed by atoms with Gasteiger partial charge in [0.2, 0.25) is 0 Å². The Morgan fingerprint density at radius 3 is 2.41 bits per heavy atom. The molecule has 0 fully saturated rings. The van der Waals surface area contributed by atoms with E-state index in [1.165, 1.54) is 19.9 Å². The quantitative estimate of drug-likeness (QED) is 0.475. The highest BCUT2D eigenvalue weighted by molar-refractivity contribution is 5.44. The van der Waals surface area contributed by atoms with Crippen LogP contribution in [0.15, 0.2) is 41.3 Å². The van der Waals surface area contributed by atoms with E-state index in [9.17, 15) is 38.2 Å². The summed E-state index contributed by atoms with van der Waals surface area (Å²) in [6, 6.07) is 3.47. The van der Waals surface area contributed by atoms with E-state index in [0.29, 0.717) is 0 Å². The molecule has 1 aromatic carbocycles. The summed E-state index contributed by atoms with van der Waals surface area (Å²) in [5.41, 5.74) is -3.30. The first-order valence-corrected chi connectivity index (χ1v) is 8.99. The number of hydrogen-bond donors (Lipinski definition) is 0. The van der Waals surface area contributed by atoms with Gasteiger partial charge in [-0.25, -0.2) is 0 Å². The third kappa shape index (κ3) is 4.58. The molecule has 3 rings (SSSR count). The number of nitrogens with zero attached hydrogens (tertiary/aromatic N) is 3. The second-order valence-electron chi connectivity index (χ2n) is 7.43.